The molecule has 0 amide bonds. The number of H-pyrrole nitrogens is 1. The summed E-state index contributed by atoms with van der Waals surface area (Å²) >= 11 is 0. The number of pyridine rings is 1. The minimum absolute atomic E-state index is 0.0377. The van der Waals surface area contributed by atoms with E-state index in [0.29, 0.717) is 11.9 Å². The van der Waals surface area contributed by atoms with Crippen LogP contribution in [-0.2, 0) is 11.3 Å². The van der Waals surface area contributed by atoms with Crippen molar-refractivity contribution in [2.24, 2.45) is 0 Å². The van der Waals surface area contributed by atoms with E-state index in [9.17, 15) is 0 Å². The Morgan fingerprint density at radius 3 is 3.08 bits per heavy atom. The molecule has 0 spiro atoms. The predicted octanol–water partition coefficient (Wildman–Crippen LogP) is 2.40. The quantitative estimate of drug-likeness (QED) is 0.913. The van der Waals surface area contributed by atoms with Gasteiger partial charge in [0.25, 0.3) is 0 Å². The average molecular weight is 328 g/mol. The molecule has 1 saturated carbocycles. The molecule has 24 heavy (non-hydrogen) atoms. The number of imidazole rings is 1. The number of methoxy groups -OCH3 is 1. The van der Waals surface area contributed by atoms with Crippen molar-refractivity contribution in [3.05, 3.63) is 42.6 Å². The van der Waals surface area contributed by atoms with E-state index < -0.39 is 0 Å². The third-order valence-electron chi connectivity index (χ3n) is 5.51. The summed E-state index contributed by atoms with van der Waals surface area (Å²) in [6.45, 7) is 1.93. The molecule has 6 heteroatoms. The zero-order chi connectivity index (χ0) is 16.4. The van der Waals surface area contributed by atoms with Gasteiger partial charge in [0.2, 0.25) is 5.88 Å². The molecule has 2 aromatic heterocycles. The van der Waals surface area contributed by atoms with Crippen LogP contribution in [0, 0.1) is 0 Å². The van der Waals surface area contributed by atoms with Crippen molar-refractivity contribution < 1.29 is 9.47 Å². The van der Waals surface area contributed by atoms with Crippen LogP contribution in [-0.4, -0.2) is 51.3 Å². The predicted molar refractivity (Wildman–Crippen MR) is 89.6 cm³/mol. The zero-order valence-corrected chi connectivity index (χ0v) is 14.0. The lowest BCUT2D eigenvalue weighted by Crippen LogP contribution is -2.52. The maximum absolute atomic E-state index is 6.12. The first-order chi connectivity index (χ1) is 11.8. The van der Waals surface area contributed by atoms with Crippen LogP contribution in [0.3, 0.4) is 0 Å². The second-order valence-electron chi connectivity index (χ2n) is 6.76. The topological polar surface area (TPSA) is 63.3 Å². The van der Waals surface area contributed by atoms with E-state index >= 15 is 0 Å². The Kier molecular flexibility index (Phi) is 4.24. The number of nitrogens with zero attached hydrogens (tertiary/aromatic N) is 3. The van der Waals surface area contributed by atoms with Gasteiger partial charge in [0, 0.05) is 56.8 Å². The molecule has 0 radical (unpaired) electrons. The molecule has 1 aliphatic carbocycles. The first kappa shape index (κ1) is 15.6. The Labute approximate surface area is 142 Å². The average Bonchev–Trinajstić information content (AvgIpc) is 3.25. The number of aromatic nitrogens is 3. The van der Waals surface area contributed by atoms with Gasteiger partial charge in [-0.05, 0) is 25.3 Å². The molecule has 0 bridgehead atoms. The van der Waals surface area contributed by atoms with Crippen LogP contribution in [0.5, 0.6) is 5.88 Å². The Balaban J connectivity index is 1.48. The number of hydrogen-bond acceptors (Lipinski definition) is 5. The van der Waals surface area contributed by atoms with Crippen molar-refractivity contribution in [1.82, 2.24) is 19.9 Å². The van der Waals surface area contributed by atoms with Crippen molar-refractivity contribution in [3.8, 4) is 5.88 Å². The number of fused-ring (bicyclic) bond motifs is 1. The molecule has 3 atom stereocenters. The summed E-state index contributed by atoms with van der Waals surface area (Å²) in [4.78, 5) is 14.1. The van der Waals surface area contributed by atoms with Gasteiger partial charge in [0.15, 0.2) is 0 Å². The fraction of sp³-hybridized carbons (Fsp3) is 0.556. The Hall–Kier alpha value is -1.92. The van der Waals surface area contributed by atoms with Crippen molar-refractivity contribution in [3.63, 3.8) is 0 Å². The fourth-order valence-corrected chi connectivity index (χ4v) is 4.23. The minimum Gasteiger partial charge on any atom is -0.474 e. The lowest BCUT2D eigenvalue weighted by molar-refractivity contribution is -0.0844. The highest BCUT2D eigenvalue weighted by molar-refractivity contribution is 5.12. The highest BCUT2D eigenvalue weighted by Gasteiger charge is 2.51. The smallest absolute Gasteiger partial charge is 0.213 e. The van der Waals surface area contributed by atoms with Crippen LogP contribution in [0.15, 0.2) is 36.9 Å². The van der Waals surface area contributed by atoms with Crippen LogP contribution in [0.4, 0.5) is 0 Å². The molecule has 1 saturated heterocycles. The van der Waals surface area contributed by atoms with Gasteiger partial charge in [-0.2, -0.15) is 0 Å². The summed E-state index contributed by atoms with van der Waals surface area (Å²) in [6.07, 6.45) is 9.70. The van der Waals surface area contributed by atoms with Crippen molar-refractivity contribution in [2.75, 3.05) is 13.7 Å². The summed E-state index contributed by atoms with van der Waals surface area (Å²) in [5.74, 6) is 0.713. The van der Waals surface area contributed by atoms with Gasteiger partial charge in [0.1, 0.15) is 6.10 Å². The second kappa shape index (κ2) is 6.53. The number of likely N-dealkylation sites (tertiary alicyclic amines) is 1. The van der Waals surface area contributed by atoms with Crippen molar-refractivity contribution >= 4 is 0 Å². The minimum atomic E-state index is -0.0377. The molecule has 1 aliphatic heterocycles. The van der Waals surface area contributed by atoms with Crippen LogP contribution in [0.2, 0.25) is 0 Å². The highest BCUT2D eigenvalue weighted by atomic mass is 16.5. The van der Waals surface area contributed by atoms with Gasteiger partial charge in [-0.1, -0.05) is 6.07 Å². The zero-order valence-electron chi connectivity index (χ0n) is 14.0. The molecule has 2 unspecified atom stereocenters. The van der Waals surface area contributed by atoms with Crippen molar-refractivity contribution in [2.45, 2.75) is 50.0 Å². The van der Waals surface area contributed by atoms with Gasteiger partial charge in [-0.25, -0.2) is 9.97 Å². The van der Waals surface area contributed by atoms with E-state index in [4.69, 9.17) is 9.47 Å². The SMILES string of the molecule is CO[C@@]12CCC(Oc3ccccn3)CC1N(Cc1cnc[nH]1)CC2. The van der Waals surface area contributed by atoms with Gasteiger partial charge >= 0.3 is 0 Å². The normalized spacial score (nSPS) is 30.2. The van der Waals surface area contributed by atoms with Crippen molar-refractivity contribution in [1.29, 1.82) is 0 Å². The van der Waals surface area contributed by atoms with Gasteiger partial charge in [-0.15, -0.1) is 0 Å². The Morgan fingerprint density at radius 2 is 2.33 bits per heavy atom. The first-order valence-electron chi connectivity index (χ1n) is 8.63. The Morgan fingerprint density at radius 1 is 1.38 bits per heavy atom. The highest BCUT2D eigenvalue weighted by Crippen LogP contribution is 2.43. The molecule has 2 aromatic rings. The lowest BCUT2D eigenvalue weighted by Gasteiger charge is -2.43. The summed E-state index contributed by atoms with van der Waals surface area (Å²) < 4.78 is 12.1. The van der Waals surface area contributed by atoms with Crippen LogP contribution in [0.25, 0.3) is 0 Å². The van der Waals surface area contributed by atoms with Gasteiger partial charge < -0.3 is 14.5 Å². The largest absolute Gasteiger partial charge is 0.474 e. The molecular formula is C18H24N4O2. The lowest BCUT2D eigenvalue weighted by atomic mass is 9.79. The summed E-state index contributed by atoms with van der Waals surface area (Å²) in [6, 6.07) is 6.17. The summed E-state index contributed by atoms with van der Waals surface area (Å²) in [7, 11) is 1.85. The molecular weight excluding hydrogens is 304 g/mol. The van der Waals surface area contributed by atoms with Crippen LogP contribution >= 0.6 is 0 Å². The number of aromatic amines is 1. The molecule has 2 aliphatic rings. The molecule has 0 aromatic carbocycles. The van der Waals surface area contributed by atoms with Gasteiger partial charge in [-0.3, -0.25) is 4.90 Å². The van der Waals surface area contributed by atoms with E-state index in [1.165, 1.54) is 0 Å². The molecule has 6 nitrogen and oxygen atoms in total. The molecule has 128 valence electrons. The van der Waals surface area contributed by atoms with E-state index in [1.807, 2.05) is 31.5 Å². The number of nitrogens with one attached hydrogen (secondary N) is 1. The van der Waals surface area contributed by atoms with E-state index in [-0.39, 0.29) is 11.7 Å². The van der Waals surface area contributed by atoms with Crippen LogP contribution in [0.1, 0.15) is 31.4 Å². The maximum atomic E-state index is 6.12. The first-order valence-corrected chi connectivity index (χ1v) is 8.63. The number of hydrogen-bond donors (Lipinski definition) is 1. The molecule has 3 heterocycles. The summed E-state index contributed by atoms with van der Waals surface area (Å²) in [5, 5.41) is 0. The monoisotopic (exact) mass is 328 g/mol. The molecule has 4 rings (SSSR count). The molecule has 2 fully saturated rings. The van der Waals surface area contributed by atoms with E-state index in [2.05, 4.69) is 19.9 Å². The maximum Gasteiger partial charge on any atom is 0.213 e. The fourth-order valence-electron chi connectivity index (χ4n) is 4.23. The van der Waals surface area contributed by atoms with E-state index in [0.717, 1.165) is 44.5 Å². The van der Waals surface area contributed by atoms with Gasteiger partial charge in [0.05, 0.1) is 11.9 Å². The number of ether oxygens (including phenoxy) is 2. The second-order valence-corrected chi connectivity index (χ2v) is 6.76. The number of rotatable bonds is 5. The third kappa shape index (κ3) is 2.91. The molecule has 1 N–H and O–H groups in total. The standard InChI is InChI=1S/C18H24N4O2/c1-23-18-6-5-15(24-17-4-2-3-8-20-17)10-16(18)22(9-7-18)12-14-11-19-13-21-14/h2-4,8,11,13,15-16H,5-7,9-10,12H2,1H3,(H,19,21)/t15?,16?,18-/m1/s1. The summed E-state index contributed by atoms with van der Waals surface area (Å²) in [5.41, 5.74) is 1.11. The van der Waals surface area contributed by atoms with Crippen LogP contribution < -0.4 is 4.74 Å². The van der Waals surface area contributed by atoms with E-state index in [1.54, 1.807) is 12.5 Å². The third-order valence-corrected chi connectivity index (χ3v) is 5.51. The Bertz CT molecular complexity index is 648.